The maximum absolute atomic E-state index is 4.31. The number of nitrogens with zero attached hydrogens (tertiary/aromatic N) is 2. The standard InChI is InChI=1S/C12H21N3/c1-3-10(2)15-9-14-8-12(15)11-4-6-13-7-5-11/h8-11,13H,3-7H2,1-2H3. The Labute approximate surface area is 91.9 Å². The third kappa shape index (κ3) is 2.23. The van der Waals surface area contributed by atoms with Crippen LogP contribution in [-0.4, -0.2) is 22.6 Å². The highest BCUT2D eigenvalue weighted by Crippen LogP contribution is 2.27. The lowest BCUT2D eigenvalue weighted by atomic mass is 9.94. The van der Waals surface area contributed by atoms with Gasteiger partial charge in [0.25, 0.3) is 0 Å². The highest BCUT2D eigenvalue weighted by atomic mass is 15.1. The zero-order valence-electron chi connectivity index (χ0n) is 9.74. The van der Waals surface area contributed by atoms with Gasteiger partial charge in [0, 0.05) is 23.9 Å². The Morgan fingerprint density at radius 1 is 1.53 bits per heavy atom. The van der Waals surface area contributed by atoms with E-state index in [-0.39, 0.29) is 0 Å². The van der Waals surface area contributed by atoms with Crippen LogP contribution in [0.5, 0.6) is 0 Å². The first-order valence-electron chi connectivity index (χ1n) is 6.05. The zero-order chi connectivity index (χ0) is 10.7. The molecule has 3 heteroatoms. The average Bonchev–Trinajstić information content (AvgIpc) is 2.78. The molecule has 2 rings (SSSR count). The Morgan fingerprint density at radius 2 is 2.27 bits per heavy atom. The summed E-state index contributed by atoms with van der Waals surface area (Å²) in [5, 5.41) is 3.41. The molecule has 1 N–H and O–H groups in total. The normalized spacial score (nSPS) is 20.4. The molecule has 1 aliphatic heterocycles. The maximum atomic E-state index is 4.31. The van der Waals surface area contributed by atoms with E-state index in [0.717, 1.165) is 13.1 Å². The van der Waals surface area contributed by atoms with Crippen molar-refractivity contribution in [3.8, 4) is 0 Å². The maximum Gasteiger partial charge on any atom is 0.0950 e. The Kier molecular flexibility index (Phi) is 3.41. The van der Waals surface area contributed by atoms with Crippen LogP contribution in [0.4, 0.5) is 0 Å². The number of hydrogen-bond donors (Lipinski definition) is 1. The molecule has 1 aromatic rings. The summed E-state index contributed by atoms with van der Waals surface area (Å²) in [6, 6.07) is 0.581. The van der Waals surface area contributed by atoms with E-state index in [1.54, 1.807) is 0 Å². The van der Waals surface area contributed by atoms with Crippen LogP contribution in [0.25, 0.3) is 0 Å². The number of hydrogen-bond acceptors (Lipinski definition) is 2. The smallest absolute Gasteiger partial charge is 0.0950 e. The lowest BCUT2D eigenvalue weighted by Gasteiger charge is -2.25. The van der Waals surface area contributed by atoms with Gasteiger partial charge in [-0.15, -0.1) is 0 Å². The van der Waals surface area contributed by atoms with Crippen molar-refractivity contribution in [1.82, 2.24) is 14.9 Å². The van der Waals surface area contributed by atoms with Crippen molar-refractivity contribution in [3.63, 3.8) is 0 Å². The fourth-order valence-electron chi connectivity index (χ4n) is 2.31. The average molecular weight is 207 g/mol. The predicted octanol–water partition coefficient (Wildman–Crippen LogP) is 2.32. The fourth-order valence-corrected chi connectivity index (χ4v) is 2.31. The SMILES string of the molecule is CCC(C)n1cncc1C1CCNCC1. The first kappa shape index (κ1) is 10.7. The van der Waals surface area contributed by atoms with Crippen molar-refractivity contribution in [2.45, 2.75) is 45.1 Å². The molecule has 0 amide bonds. The van der Waals surface area contributed by atoms with Gasteiger partial charge in [-0.25, -0.2) is 4.98 Å². The van der Waals surface area contributed by atoms with Crippen LogP contribution in [0.3, 0.4) is 0 Å². The molecule has 1 aromatic heterocycles. The van der Waals surface area contributed by atoms with Gasteiger partial charge < -0.3 is 9.88 Å². The molecular weight excluding hydrogens is 186 g/mol. The summed E-state index contributed by atoms with van der Waals surface area (Å²) in [7, 11) is 0. The van der Waals surface area contributed by atoms with Gasteiger partial charge in [0.2, 0.25) is 0 Å². The van der Waals surface area contributed by atoms with Gasteiger partial charge in [-0.1, -0.05) is 6.92 Å². The molecule has 1 saturated heterocycles. The van der Waals surface area contributed by atoms with Crippen molar-refractivity contribution >= 4 is 0 Å². The van der Waals surface area contributed by atoms with Gasteiger partial charge in [0.05, 0.1) is 6.33 Å². The van der Waals surface area contributed by atoms with Crippen molar-refractivity contribution in [2.24, 2.45) is 0 Å². The number of aromatic nitrogens is 2. The molecule has 0 saturated carbocycles. The van der Waals surface area contributed by atoms with Crippen molar-refractivity contribution in [1.29, 1.82) is 0 Å². The molecule has 1 unspecified atom stereocenters. The Balaban J connectivity index is 2.15. The van der Waals surface area contributed by atoms with E-state index in [1.807, 2.05) is 6.33 Å². The zero-order valence-corrected chi connectivity index (χ0v) is 9.74. The minimum atomic E-state index is 0.581. The van der Waals surface area contributed by atoms with Crippen LogP contribution >= 0.6 is 0 Å². The highest BCUT2D eigenvalue weighted by Gasteiger charge is 2.19. The van der Waals surface area contributed by atoms with E-state index < -0.39 is 0 Å². The lowest BCUT2D eigenvalue weighted by Crippen LogP contribution is -2.28. The molecule has 2 heterocycles. The first-order chi connectivity index (χ1) is 7.33. The molecule has 3 nitrogen and oxygen atoms in total. The van der Waals surface area contributed by atoms with Crippen LogP contribution < -0.4 is 5.32 Å². The van der Waals surface area contributed by atoms with E-state index in [9.17, 15) is 0 Å². The quantitative estimate of drug-likeness (QED) is 0.824. The van der Waals surface area contributed by atoms with Gasteiger partial charge in [0.1, 0.15) is 0 Å². The monoisotopic (exact) mass is 207 g/mol. The van der Waals surface area contributed by atoms with Crippen LogP contribution in [0.2, 0.25) is 0 Å². The second kappa shape index (κ2) is 4.79. The highest BCUT2D eigenvalue weighted by molar-refractivity contribution is 5.08. The van der Waals surface area contributed by atoms with Crippen molar-refractivity contribution < 1.29 is 0 Å². The topological polar surface area (TPSA) is 29.9 Å². The van der Waals surface area contributed by atoms with E-state index in [4.69, 9.17) is 0 Å². The summed E-state index contributed by atoms with van der Waals surface area (Å²) in [6.07, 6.45) is 7.73. The number of rotatable bonds is 3. The molecule has 15 heavy (non-hydrogen) atoms. The minimum absolute atomic E-state index is 0.581. The Bertz CT molecular complexity index is 300. The molecule has 1 aliphatic rings. The molecule has 0 spiro atoms. The predicted molar refractivity (Wildman–Crippen MR) is 62.1 cm³/mol. The van der Waals surface area contributed by atoms with Gasteiger partial charge in [-0.05, 0) is 39.3 Å². The molecular formula is C12H21N3. The van der Waals surface area contributed by atoms with Crippen LogP contribution in [0, 0.1) is 0 Å². The minimum Gasteiger partial charge on any atom is -0.332 e. The summed E-state index contributed by atoms with van der Waals surface area (Å²) in [4.78, 5) is 4.31. The van der Waals surface area contributed by atoms with Gasteiger partial charge in [-0.3, -0.25) is 0 Å². The van der Waals surface area contributed by atoms with E-state index in [2.05, 4.69) is 34.9 Å². The molecule has 0 aromatic carbocycles. The van der Waals surface area contributed by atoms with Crippen LogP contribution in [0.15, 0.2) is 12.5 Å². The van der Waals surface area contributed by atoms with Crippen molar-refractivity contribution in [2.75, 3.05) is 13.1 Å². The summed E-state index contributed by atoms with van der Waals surface area (Å²) in [6.45, 7) is 6.80. The summed E-state index contributed by atoms with van der Waals surface area (Å²) in [5.41, 5.74) is 1.44. The summed E-state index contributed by atoms with van der Waals surface area (Å²) < 4.78 is 2.36. The Hall–Kier alpha value is -0.830. The number of nitrogens with one attached hydrogen (secondary N) is 1. The number of imidazole rings is 1. The van der Waals surface area contributed by atoms with Crippen LogP contribution in [-0.2, 0) is 0 Å². The fraction of sp³-hybridized carbons (Fsp3) is 0.750. The number of piperidine rings is 1. The Morgan fingerprint density at radius 3 is 2.93 bits per heavy atom. The first-order valence-corrected chi connectivity index (χ1v) is 6.05. The van der Waals surface area contributed by atoms with Gasteiger partial charge in [0.15, 0.2) is 0 Å². The molecule has 0 bridgehead atoms. The third-order valence-electron chi connectivity index (χ3n) is 3.52. The van der Waals surface area contributed by atoms with E-state index in [0.29, 0.717) is 12.0 Å². The largest absolute Gasteiger partial charge is 0.332 e. The summed E-state index contributed by atoms with van der Waals surface area (Å²) >= 11 is 0. The van der Waals surface area contributed by atoms with E-state index in [1.165, 1.54) is 25.0 Å². The second-order valence-corrected chi connectivity index (χ2v) is 4.51. The second-order valence-electron chi connectivity index (χ2n) is 4.51. The molecule has 84 valence electrons. The lowest BCUT2D eigenvalue weighted by molar-refractivity contribution is 0.419. The van der Waals surface area contributed by atoms with Crippen molar-refractivity contribution in [3.05, 3.63) is 18.2 Å². The van der Waals surface area contributed by atoms with E-state index >= 15 is 0 Å². The third-order valence-corrected chi connectivity index (χ3v) is 3.52. The van der Waals surface area contributed by atoms with Crippen LogP contribution in [0.1, 0.15) is 50.8 Å². The summed E-state index contributed by atoms with van der Waals surface area (Å²) in [5.74, 6) is 0.711. The van der Waals surface area contributed by atoms with Gasteiger partial charge in [-0.2, -0.15) is 0 Å². The molecule has 1 fully saturated rings. The van der Waals surface area contributed by atoms with Gasteiger partial charge >= 0.3 is 0 Å². The molecule has 0 aliphatic carbocycles. The molecule has 0 radical (unpaired) electrons. The molecule has 1 atom stereocenters.